The van der Waals surface area contributed by atoms with Crippen LogP contribution in [-0.2, 0) is 12.0 Å². The van der Waals surface area contributed by atoms with Gasteiger partial charge in [0.25, 0.3) is 0 Å². The summed E-state index contributed by atoms with van der Waals surface area (Å²) in [6.07, 6.45) is 4.09. The molecule has 2 aromatic carbocycles. The number of hydrogen-bond donors (Lipinski definition) is 1. The number of rotatable bonds is 3. The highest BCUT2D eigenvalue weighted by molar-refractivity contribution is 5.86. The summed E-state index contributed by atoms with van der Waals surface area (Å²) in [7, 11) is 0. The van der Waals surface area contributed by atoms with Crippen molar-refractivity contribution in [2.75, 3.05) is 0 Å². The van der Waals surface area contributed by atoms with Crippen molar-refractivity contribution in [3.05, 3.63) is 78.1 Å². The number of benzene rings is 2. The normalized spacial score (nSPS) is 14.1. The van der Waals surface area contributed by atoms with Crippen molar-refractivity contribution in [3.63, 3.8) is 0 Å². The summed E-state index contributed by atoms with van der Waals surface area (Å²) >= 11 is 0. The van der Waals surface area contributed by atoms with E-state index in [4.69, 9.17) is 0 Å². The molecule has 1 unspecified atom stereocenters. The van der Waals surface area contributed by atoms with Crippen LogP contribution in [0.2, 0.25) is 0 Å². The monoisotopic (exact) mass is 263 g/mol. The second kappa shape index (κ2) is 5.06. The summed E-state index contributed by atoms with van der Waals surface area (Å²) in [5.74, 6) is 0. The highest BCUT2D eigenvalue weighted by Crippen LogP contribution is 2.31. The average molecular weight is 263 g/mol. The first-order valence-electron chi connectivity index (χ1n) is 6.76. The van der Waals surface area contributed by atoms with Gasteiger partial charge < -0.3 is 5.11 Å². The molecule has 0 fully saturated rings. The van der Waals surface area contributed by atoms with Crippen LogP contribution in [0.5, 0.6) is 0 Å². The molecule has 0 aliphatic carbocycles. The van der Waals surface area contributed by atoms with E-state index in [-0.39, 0.29) is 0 Å². The van der Waals surface area contributed by atoms with Crippen LogP contribution in [0.4, 0.5) is 0 Å². The van der Waals surface area contributed by atoms with Gasteiger partial charge in [0.15, 0.2) is 0 Å². The van der Waals surface area contributed by atoms with Gasteiger partial charge in [-0.05, 0) is 41.0 Å². The third kappa shape index (κ3) is 2.43. The van der Waals surface area contributed by atoms with Gasteiger partial charge in [-0.15, -0.1) is 0 Å². The molecular formula is C18H17NO. The zero-order chi connectivity index (χ0) is 14.0. The van der Waals surface area contributed by atoms with Gasteiger partial charge in [-0.25, -0.2) is 0 Å². The Labute approximate surface area is 118 Å². The molecule has 2 nitrogen and oxygen atoms in total. The number of aromatic nitrogens is 1. The minimum Gasteiger partial charge on any atom is -0.385 e. The molecule has 3 rings (SSSR count). The van der Waals surface area contributed by atoms with E-state index in [0.717, 1.165) is 21.9 Å². The molecule has 0 aliphatic rings. The SMILES string of the molecule is CC(O)(Cc1ccncc1)c1cccc2ccccc12. The molecule has 0 aliphatic heterocycles. The Morgan fingerprint density at radius 3 is 2.45 bits per heavy atom. The van der Waals surface area contributed by atoms with Gasteiger partial charge in [0.05, 0.1) is 5.60 Å². The van der Waals surface area contributed by atoms with E-state index in [1.165, 1.54) is 0 Å². The summed E-state index contributed by atoms with van der Waals surface area (Å²) in [5.41, 5.74) is 1.15. The molecule has 0 bridgehead atoms. The van der Waals surface area contributed by atoms with Gasteiger partial charge in [0.1, 0.15) is 0 Å². The van der Waals surface area contributed by atoms with E-state index in [1.54, 1.807) is 12.4 Å². The van der Waals surface area contributed by atoms with Crippen LogP contribution >= 0.6 is 0 Å². The lowest BCUT2D eigenvalue weighted by atomic mass is 9.86. The molecule has 1 heterocycles. The largest absolute Gasteiger partial charge is 0.385 e. The Bertz CT molecular complexity index is 714. The number of hydrogen-bond acceptors (Lipinski definition) is 2. The molecule has 0 amide bonds. The predicted molar refractivity (Wildman–Crippen MR) is 81.5 cm³/mol. The fourth-order valence-electron chi connectivity index (χ4n) is 2.69. The maximum Gasteiger partial charge on any atom is 0.0914 e. The standard InChI is InChI=1S/C18H17NO/c1-18(20,13-14-9-11-19-12-10-14)17-8-4-6-15-5-2-3-7-16(15)17/h2-12,20H,13H2,1H3. The fourth-order valence-corrected chi connectivity index (χ4v) is 2.69. The predicted octanol–water partition coefficient (Wildman–Crippen LogP) is 3.69. The van der Waals surface area contributed by atoms with Gasteiger partial charge in [0, 0.05) is 18.8 Å². The number of nitrogens with zero attached hydrogens (tertiary/aromatic N) is 1. The van der Waals surface area contributed by atoms with Crippen LogP contribution in [0.25, 0.3) is 10.8 Å². The number of pyridine rings is 1. The van der Waals surface area contributed by atoms with Gasteiger partial charge in [-0.1, -0.05) is 42.5 Å². The minimum absolute atomic E-state index is 0.573. The molecule has 0 spiro atoms. The Hall–Kier alpha value is -2.19. The zero-order valence-corrected chi connectivity index (χ0v) is 11.5. The van der Waals surface area contributed by atoms with E-state index in [1.807, 2.05) is 43.3 Å². The molecule has 2 heteroatoms. The van der Waals surface area contributed by atoms with E-state index >= 15 is 0 Å². The summed E-state index contributed by atoms with van der Waals surface area (Å²) in [6, 6.07) is 18.1. The smallest absolute Gasteiger partial charge is 0.0914 e. The maximum absolute atomic E-state index is 10.9. The Kier molecular flexibility index (Phi) is 3.25. The fraction of sp³-hybridized carbons (Fsp3) is 0.167. The summed E-state index contributed by atoms with van der Waals surface area (Å²) in [4.78, 5) is 4.02. The summed E-state index contributed by atoms with van der Waals surface area (Å²) in [6.45, 7) is 1.87. The molecule has 0 saturated heterocycles. The van der Waals surface area contributed by atoms with Crippen molar-refractivity contribution in [1.29, 1.82) is 0 Å². The van der Waals surface area contributed by atoms with Crippen molar-refractivity contribution in [1.82, 2.24) is 4.98 Å². The lowest BCUT2D eigenvalue weighted by Gasteiger charge is -2.25. The molecule has 1 aromatic heterocycles. The van der Waals surface area contributed by atoms with E-state index in [9.17, 15) is 5.11 Å². The summed E-state index contributed by atoms with van der Waals surface area (Å²) in [5, 5.41) is 13.2. The highest BCUT2D eigenvalue weighted by atomic mass is 16.3. The maximum atomic E-state index is 10.9. The number of fused-ring (bicyclic) bond motifs is 1. The average Bonchev–Trinajstić information content (AvgIpc) is 2.47. The van der Waals surface area contributed by atoms with Crippen molar-refractivity contribution in [2.24, 2.45) is 0 Å². The Balaban J connectivity index is 2.05. The third-order valence-electron chi connectivity index (χ3n) is 3.67. The lowest BCUT2D eigenvalue weighted by molar-refractivity contribution is 0.0592. The third-order valence-corrected chi connectivity index (χ3v) is 3.67. The second-order valence-electron chi connectivity index (χ2n) is 5.33. The van der Waals surface area contributed by atoms with Crippen LogP contribution in [0.3, 0.4) is 0 Å². The van der Waals surface area contributed by atoms with Crippen molar-refractivity contribution < 1.29 is 5.11 Å². The van der Waals surface area contributed by atoms with Crippen LogP contribution in [0, 0.1) is 0 Å². The van der Waals surface area contributed by atoms with E-state index in [0.29, 0.717) is 6.42 Å². The van der Waals surface area contributed by atoms with Crippen LogP contribution in [0.15, 0.2) is 67.0 Å². The molecule has 0 radical (unpaired) electrons. The van der Waals surface area contributed by atoms with Crippen molar-refractivity contribution in [2.45, 2.75) is 18.9 Å². The first-order valence-corrected chi connectivity index (χ1v) is 6.76. The molecule has 0 saturated carbocycles. The molecule has 1 atom stereocenters. The molecule has 20 heavy (non-hydrogen) atoms. The van der Waals surface area contributed by atoms with Gasteiger partial charge in [0.2, 0.25) is 0 Å². The number of aliphatic hydroxyl groups is 1. The second-order valence-corrected chi connectivity index (χ2v) is 5.33. The zero-order valence-electron chi connectivity index (χ0n) is 11.5. The molecular weight excluding hydrogens is 246 g/mol. The topological polar surface area (TPSA) is 33.1 Å². The highest BCUT2D eigenvalue weighted by Gasteiger charge is 2.25. The van der Waals surface area contributed by atoms with E-state index in [2.05, 4.69) is 23.2 Å². The molecule has 3 aromatic rings. The lowest BCUT2D eigenvalue weighted by Crippen LogP contribution is -2.24. The van der Waals surface area contributed by atoms with Crippen LogP contribution < -0.4 is 0 Å². The van der Waals surface area contributed by atoms with Crippen LogP contribution in [-0.4, -0.2) is 10.1 Å². The van der Waals surface area contributed by atoms with Crippen molar-refractivity contribution in [3.8, 4) is 0 Å². The van der Waals surface area contributed by atoms with Gasteiger partial charge in [-0.3, -0.25) is 4.98 Å². The molecule has 1 N–H and O–H groups in total. The van der Waals surface area contributed by atoms with Crippen molar-refractivity contribution >= 4 is 10.8 Å². The minimum atomic E-state index is -0.901. The summed E-state index contributed by atoms with van der Waals surface area (Å²) < 4.78 is 0. The van der Waals surface area contributed by atoms with Gasteiger partial charge >= 0.3 is 0 Å². The van der Waals surface area contributed by atoms with Gasteiger partial charge in [-0.2, -0.15) is 0 Å². The first kappa shape index (κ1) is 12.8. The first-order chi connectivity index (χ1) is 9.67. The molecule has 100 valence electrons. The van der Waals surface area contributed by atoms with Crippen LogP contribution in [0.1, 0.15) is 18.1 Å². The Morgan fingerprint density at radius 2 is 1.65 bits per heavy atom. The quantitative estimate of drug-likeness (QED) is 0.782. The van der Waals surface area contributed by atoms with E-state index < -0.39 is 5.60 Å². The Morgan fingerprint density at radius 1 is 0.950 bits per heavy atom.